The highest BCUT2D eigenvalue weighted by atomic mass is 32.2. The first kappa shape index (κ1) is 30.5. The summed E-state index contributed by atoms with van der Waals surface area (Å²) in [5, 5.41) is 3.29. The molecular weight excluding hydrogens is 591 g/mol. The zero-order valence-electron chi connectivity index (χ0n) is 22.9. The number of anilines is 1. The van der Waals surface area contributed by atoms with E-state index >= 15 is 0 Å². The lowest BCUT2D eigenvalue weighted by atomic mass is 9.88. The van der Waals surface area contributed by atoms with Gasteiger partial charge in [0.1, 0.15) is 11.5 Å². The van der Waals surface area contributed by atoms with E-state index in [1.54, 1.807) is 18.2 Å². The maximum atomic E-state index is 12.7. The normalized spacial score (nSPS) is 14.8. The fourth-order valence-corrected chi connectivity index (χ4v) is 7.54. The van der Waals surface area contributed by atoms with Gasteiger partial charge in [0, 0.05) is 4.88 Å². The summed E-state index contributed by atoms with van der Waals surface area (Å²) in [6.45, 7) is 1.98. The Hall–Kier alpha value is -3.49. The van der Waals surface area contributed by atoms with Gasteiger partial charge in [0.25, 0.3) is 5.91 Å². The van der Waals surface area contributed by atoms with Crippen molar-refractivity contribution in [2.45, 2.75) is 32.7 Å². The number of hydrogen-bond donors (Lipinski definition) is 1. The van der Waals surface area contributed by atoms with Crippen molar-refractivity contribution >= 4 is 79.4 Å². The molecule has 0 saturated carbocycles. The molecule has 14 heteroatoms. The number of esters is 3. The van der Waals surface area contributed by atoms with Crippen LogP contribution in [0.15, 0.2) is 23.2 Å². The zero-order valence-corrected chi connectivity index (χ0v) is 25.4. The summed E-state index contributed by atoms with van der Waals surface area (Å²) in [5.74, 6) is -1.99. The molecule has 4 rings (SSSR count). The molecule has 2 heterocycles. The number of nitrogens with one attached hydrogen (secondary N) is 1. The minimum absolute atomic E-state index is 0.0299. The van der Waals surface area contributed by atoms with Crippen LogP contribution in [-0.2, 0) is 48.0 Å². The molecule has 0 aliphatic heterocycles. The lowest BCUT2D eigenvalue weighted by molar-refractivity contribution is -0.141. The van der Waals surface area contributed by atoms with Gasteiger partial charge < -0.3 is 24.1 Å². The first-order valence-corrected chi connectivity index (χ1v) is 15.4. The van der Waals surface area contributed by atoms with Crippen molar-refractivity contribution in [3.8, 4) is 0 Å². The number of fused-ring (bicyclic) bond motifs is 2. The van der Waals surface area contributed by atoms with Gasteiger partial charge in [0.2, 0.25) is 5.91 Å². The number of amides is 2. The second-order valence-electron chi connectivity index (χ2n) is 9.31. The van der Waals surface area contributed by atoms with Crippen LogP contribution in [0, 0.1) is 5.92 Å². The molecule has 11 nitrogen and oxygen atoms in total. The Kier molecular flexibility index (Phi) is 9.99. The predicted octanol–water partition coefficient (Wildman–Crippen LogP) is 3.43. The number of thiazole rings is 1. The number of benzene rings is 1. The molecule has 218 valence electrons. The average Bonchev–Trinajstić information content (AvgIpc) is 3.47. The van der Waals surface area contributed by atoms with Gasteiger partial charge in [-0.3, -0.25) is 14.4 Å². The molecule has 0 fully saturated rings. The van der Waals surface area contributed by atoms with Gasteiger partial charge in [-0.15, -0.1) is 23.1 Å². The Morgan fingerprint density at radius 3 is 2.51 bits per heavy atom. The largest absolute Gasteiger partial charge is 0.468 e. The highest BCUT2D eigenvalue weighted by Gasteiger charge is 2.29. The van der Waals surface area contributed by atoms with Crippen LogP contribution in [0.2, 0.25) is 0 Å². The van der Waals surface area contributed by atoms with Crippen molar-refractivity contribution in [1.29, 1.82) is 0 Å². The van der Waals surface area contributed by atoms with Crippen LogP contribution in [0.3, 0.4) is 0 Å². The third kappa shape index (κ3) is 7.05. The van der Waals surface area contributed by atoms with E-state index in [4.69, 9.17) is 14.2 Å². The molecule has 2 aromatic heterocycles. The molecule has 1 aromatic carbocycles. The monoisotopic (exact) mass is 619 g/mol. The van der Waals surface area contributed by atoms with Gasteiger partial charge in [-0.05, 0) is 48.9 Å². The second kappa shape index (κ2) is 13.4. The lowest BCUT2D eigenvalue weighted by Gasteiger charge is -2.18. The standard InChI is InChI=1S/C27H29N3O8S3/c1-14-5-7-16-18(9-14)40-24(23(16)26(35)38-4)28-20(31)12-39-13-21(32)29-27-30(11-22(33)36-2)17-8-6-15(25(34)37-3)10-19(17)41-27/h6,8,10,14H,5,7,9,11-13H2,1-4H3,(H,28,31). The smallest absolute Gasteiger partial charge is 0.341 e. The van der Waals surface area contributed by atoms with E-state index < -0.39 is 23.8 Å². The molecule has 0 saturated heterocycles. The minimum atomic E-state index is -0.530. The molecule has 2 amide bonds. The quantitative estimate of drug-likeness (QED) is 0.282. The maximum Gasteiger partial charge on any atom is 0.341 e. The van der Waals surface area contributed by atoms with Gasteiger partial charge in [-0.2, -0.15) is 4.99 Å². The number of methoxy groups -OCH3 is 3. The number of carbonyl (C=O) groups is 5. The van der Waals surface area contributed by atoms with Crippen LogP contribution >= 0.6 is 34.4 Å². The second-order valence-corrected chi connectivity index (χ2v) is 12.4. The van der Waals surface area contributed by atoms with Crippen molar-refractivity contribution in [2.75, 3.05) is 38.2 Å². The van der Waals surface area contributed by atoms with Gasteiger partial charge in [-0.1, -0.05) is 18.3 Å². The van der Waals surface area contributed by atoms with Crippen LogP contribution in [0.5, 0.6) is 0 Å². The molecule has 1 atom stereocenters. The average molecular weight is 620 g/mol. The fraction of sp³-hybridized carbons (Fsp3) is 0.407. The summed E-state index contributed by atoms with van der Waals surface area (Å²) >= 11 is 3.61. The van der Waals surface area contributed by atoms with E-state index in [2.05, 4.69) is 17.2 Å². The van der Waals surface area contributed by atoms with Crippen molar-refractivity contribution in [3.63, 3.8) is 0 Å². The van der Waals surface area contributed by atoms with Crippen LogP contribution in [0.25, 0.3) is 10.2 Å². The number of thiophene rings is 1. The number of rotatable bonds is 9. The van der Waals surface area contributed by atoms with Crippen LogP contribution in [-0.4, -0.2) is 67.1 Å². The van der Waals surface area contributed by atoms with Gasteiger partial charge in [0.05, 0.1) is 54.2 Å². The first-order valence-electron chi connectivity index (χ1n) is 12.6. The molecule has 1 aliphatic rings. The van der Waals surface area contributed by atoms with E-state index in [0.717, 1.165) is 52.8 Å². The summed E-state index contributed by atoms with van der Waals surface area (Å²) in [4.78, 5) is 67.4. The Morgan fingerprint density at radius 2 is 1.80 bits per heavy atom. The van der Waals surface area contributed by atoms with Crippen molar-refractivity contribution < 1.29 is 38.2 Å². The molecule has 41 heavy (non-hydrogen) atoms. The molecule has 0 spiro atoms. The van der Waals surface area contributed by atoms with Gasteiger partial charge >= 0.3 is 17.9 Å². The van der Waals surface area contributed by atoms with Gasteiger partial charge in [0.15, 0.2) is 4.80 Å². The molecule has 3 aromatic rings. The van der Waals surface area contributed by atoms with E-state index in [1.165, 1.54) is 37.2 Å². The molecule has 0 radical (unpaired) electrons. The number of ether oxygens (including phenoxy) is 3. The Labute approximate surface area is 247 Å². The summed E-state index contributed by atoms with van der Waals surface area (Å²) in [6.07, 6.45) is 2.58. The minimum Gasteiger partial charge on any atom is -0.468 e. The zero-order chi connectivity index (χ0) is 29.7. The van der Waals surface area contributed by atoms with E-state index in [9.17, 15) is 24.0 Å². The van der Waals surface area contributed by atoms with Gasteiger partial charge in [-0.25, -0.2) is 9.59 Å². The van der Waals surface area contributed by atoms with Crippen molar-refractivity contribution in [3.05, 3.63) is 44.6 Å². The third-order valence-corrected chi connectivity index (χ3v) is 9.58. The molecule has 1 N–H and O–H groups in total. The molecular formula is C27H29N3O8S3. The summed E-state index contributed by atoms with van der Waals surface area (Å²) in [6, 6.07) is 4.81. The Balaban J connectivity index is 1.46. The predicted molar refractivity (Wildman–Crippen MR) is 157 cm³/mol. The summed E-state index contributed by atoms with van der Waals surface area (Å²) in [7, 11) is 3.86. The lowest BCUT2D eigenvalue weighted by Crippen LogP contribution is -2.23. The summed E-state index contributed by atoms with van der Waals surface area (Å²) in [5.41, 5.74) is 2.28. The van der Waals surface area contributed by atoms with Crippen molar-refractivity contribution in [2.24, 2.45) is 10.9 Å². The van der Waals surface area contributed by atoms with Crippen LogP contribution < -0.4 is 10.1 Å². The Morgan fingerprint density at radius 1 is 1.05 bits per heavy atom. The number of nitrogens with zero attached hydrogens (tertiary/aromatic N) is 2. The maximum absolute atomic E-state index is 12.7. The molecule has 1 aliphatic carbocycles. The first-order chi connectivity index (χ1) is 19.6. The topological polar surface area (TPSA) is 142 Å². The van der Waals surface area contributed by atoms with E-state index in [-0.39, 0.29) is 28.8 Å². The van der Waals surface area contributed by atoms with E-state index in [1.807, 2.05) is 0 Å². The molecule has 0 bridgehead atoms. The number of carbonyl (C=O) groups excluding carboxylic acids is 5. The molecule has 1 unspecified atom stereocenters. The Bertz CT molecular complexity index is 1590. The highest BCUT2D eigenvalue weighted by Crippen LogP contribution is 2.40. The third-order valence-electron chi connectivity index (χ3n) is 6.45. The SMILES string of the molecule is COC(=O)Cn1c(=NC(=O)CSCC(=O)Nc2sc3c(c2C(=O)OC)CCC(C)C3)sc2cc(C(=O)OC)ccc21. The summed E-state index contributed by atoms with van der Waals surface area (Å²) < 4.78 is 16.7. The number of hydrogen-bond acceptors (Lipinski definition) is 11. The highest BCUT2D eigenvalue weighted by molar-refractivity contribution is 8.00. The van der Waals surface area contributed by atoms with E-state index in [0.29, 0.717) is 32.3 Å². The fourth-order valence-electron chi connectivity index (χ4n) is 4.44. The van der Waals surface area contributed by atoms with Crippen LogP contribution in [0.4, 0.5) is 5.00 Å². The van der Waals surface area contributed by atoms with Crippen LogP contribution in [0.1, 0.15) is 44.5 Å². The van der Waals surface area contributed by atoms with Crippen molar-refractivity contribution in [1.82, 2.24) is 4.57 Å². The number of thioether (sulfide) groups is 1. The number of aromatic nitrogens is 1.